The zero-order valence-electron chi connectivity index (χ0n) is 11.8. The maximum atomic E-state index is 12.3. The minimum absolute atomic E-state index is 0.0225. The molecule has 1 aromatic heterocycles. The third kappa shape index (κ3) is 3.89. The van der Waals surface area contributed by atoms with Crippen molar-refractivity contribution >= 4 is 17.4 Å². The molecule has 110 valence electrons. The number of hydrogen-bond donors (Lipinski definition) is 1. The van der Waals surface area contributed by atoms with E-state index in [0.717, 1.165) is 6.20 Å². The number of aromatic nitrogens is 1. The molecule has 0 saturated carbocycles. The van der Waals surface area contributed by atoms with Gasteiger partial charge in [-0.3, -0.25) is 14.9 Å². The quantitative estimate of drug-likeness (QED) is 0.457. The zero-order chi connectivity index (χ0) is 15.1. The second-order valence-electron chi connectivity index (χ2n) is 4.17. The van der Waals surface area contributed by atoms with Gasteiger partial charge in [-0.2, -0.15) is 0 Å². The molecule has 8 nitrogen and oxygen atoms in total. The standard InChI is InChI=1S/C12H18N4O4/c1-13-11-7-9(10(8-14-11)16(18)19)12(17)15(2)5-4-6-20-3/h7-8H,4-6H2,1-3H3,(H,13,14). The molecule has 0 fully saturated rings. The van der Waals surface area contributed by atoms with Gasteiger partial charge in [0.15, 0.2) is 0 Å². The van der Waals surface area contributed by atoms with Crippen molar-refractivity contribution in [2.75, 3.05) is 39.7 Å². The van der Waals surface area contributed by atoms with Crippen LogP contribution in [0.15, 0.2) is 12.3 Å². The molecule has 0 bridgehead atoms. The van der Waals surface area contributed by atoms with Crippen LogP contribution in [-0.4, -0.2) is 55.1 Å². The van der Waals surface area contributed by atoms with E-state index in [1.165, 1.54) is 11.0 Å². The highest BCUT2D eigenvalue weighted by Crippen LogP contribution is 2.21. The number of carbonyl (C=O) groups excluding carboxylic acids is 1. The molecule has 0 saturated heterocycles. The predicted molar refractivity (Wildman–Crippen MR) is 73.9 cm³/mol. The SMILES string of the molecule is CNc1cc(C(=O)N(C)CCCOC)c([N+](=O)[O-])cn1. The Kier molecular flexibility index (Phi) is 5.85. The molecular formula is C12H18N4O4. The van der Waals surface area contributed by atoms with Crippen molar-refractivity contribution in [1.29, 1.82) is 0 Å². The molecule has 0 aromatic carbocycles. The highest BCUT2D eigenvalue weighted by Gasteiger charge is 2.23. The van der Waals surface area contributed by atoms with Crippen molar-refractivity contribution in [2.45, 2.75) is 6.42 Å². The van der Waals surface area contributed by atoms with Crippen LogP contribution in [0.3, 0.4) is 0 Å². The fourth-order valence-corrected chi connectivity index (χ4v) is 1.65. The van der Waals surface area contributed by atoms with Crippen molar-refractivity contribution < 1.29 is 14.5 Å². The van der Waals surface area contributed by atoms with Gasteiger partial charge in [-0.1, -0.05) is 0 Å². The first-order chi connectivity index (χ1) is 9.51. The molecule has 1 rings (SSSR count). The van der Waals surface area contributed by atoms with Crippen LogP contribution < -0.4 is 5.32 Å². The summed E-state index contributed by atoms with van der Waals surface area (Å²) in [5.41, 5.74) is -0.276. The van der Waals surface area contributed by atoms with E-state index in [2.05, 4.69) is 10.3 Å². The first kappa shape index (κ1) is 15.8. The van der Waals surface area contributed by atoms with Crippen molar-refractivity contribution in [2.24, 2.45) is 0 Å². The summed E-state index contributed by atoms with van der Waals surface area (Å²) in [5.74, 6) is -0.00376. The van der Waals surface area contributed by atoms with E-state index in [1.807, 2.05) is 0 Å². The minimum atomic E-state index is -0.608. The van der Waals surface area contributed by atoms with Gasteiger partial charge in [-0.05, 0) is 6.42 Å². The average molecular weight is 282 g/mol. The first-order valence-electron chi connectivity index (χ1n) is 6.07. The third-order valence-corrected chi connectivity index (χ3v) is 2.75. The van der Waals surface area contributed by atoms with Gasteiger partial charge in [0, 0.05) is 40.4 Å². The number of nitrogens with zero attached hydrogens (tertiary/aromatic N) is 3. The van der Waals surface area contributed by atoms with Crippen LogP contribution in [0, 0.1) is 10.1 Å². The molecule has 0 spiro atoms. The highest BCUT2D eigenvalue weighted by atomic mass is 16.6. The van der Waals surface area contributed by atoms with Crippen molar-refractivity contribution in [1.82, 2.24) is 9.88 Å². The molecule has 20 heavy (non-hydrogen) atoms. The summed E-state index contributed by atoms with van der Waals surface area (Å²) in [7, 11) is 4.81. The average Bonchev–Trinajstić information content (AvgIpc) is 2.45. The van der Waals surface area contributed by atoms with E-state index in [-0.39, 0.29) is 11.3 Å². The van der Waals surface area contributed by atoms with E-state index in [1.54, 1.807) is 21.2 Å². The van der Waals surface area contributed by atoms with Crippen molar-refractivity contribution in [3.05, 3.63) is 27.9 Å². The molecule has 1 amide bonds. The van der Waals surface area contributed by atoms with E-state index in [4.69, 9.17) is 4.74 Å². The lowest BCUT2D eigenvalue weighted by atomic mass is 10.2. The molecular weight excluding hydrogens is 264 g/mol. The predicted octanol–water partition coefficient (Wildman–Crippen LogP) is 1.14. The number of anilines is 1. The number of methoxy groups -OCH3 is 1. The van der Waals surface area contributed by atoms with E-state index in [9.17, 15) is 14.9 Å². The summed E-state index contributed by atoms with van der Waals surface area (Å²) in [5, 5.41) is 13.7. The lowest BCUT2D eigenvalue weighted by Crippen LogP contribution is -2.29. The van der Waals surface area contributed by atoms with Crippen LogP contribution in [0.1, 0.15) is 16.8 Å². The fraction of sp³-hybridized carbons (Fsp3) is 0.500. The number of ether oxygens (including phenoxy) is 1. The Morgan fingerprint density at radius 1 is 1.60 bits per heavy atom. The van der Waals surface area contributed by atoms with Crippen LogP contribution in [0.4, 0.5) is 11.5 Å². The zero-order valence-corrected chi connectivity index (χ0v) is 11.8. The van der Waals surface area contributed by atoms with Crippen LogP contribution in [0.25, 0.3) is 0 Å². The molecule has 1 heterocycles. The second-order valence-corrected chi connectivity index (χ2v) is 4.17. The topological polar surface area (TPSA) is 97.6 Å². The summed E-state index contributed by atoms with van der Waals surface area (Å²) in [4.78, 5) is 27.9. The summed E-state index contributed by atoms with van der Waals surface area (Å²) in [6.45, 7) is 0.985. The Balaban J connectivity index is 2.97. The van der Waals surface area contributed by atoms with E-state index >= 15 is 0 Å². The lowest BCUT2D eigenvalue weighted by Gasteiger charge is -2.17. The minimum Gasteiger partial charge on any atom is -0.385 e. The van der Waals surface area contributed by atoms with Crippen LogP contribution in [0.2, 0.25) is 0 Å². The van der Waals surface area contributed by atoms with Crippen LogP contribution in [0.5, 0.6) is 0 Å². The Hall–Kier alpha value is -2.22. The van der Waals surface area contributed by atoms with E-state index in [0.29, 0.717) is 25.4 Å². The molecule has 0 aliphatic heterocycles. The van der Waals surface area contributed by atoms with Gasteiger partial charge < -0.3 is 15.0 Å². The molecule has 0 aliphatic carbocycles. The smallest absolute Gasteiger partial charge is 0.300 e. The molecule has 8 heteroatoms. The largest absolute Gasteiger partial charge is 0.385 e. The Morgan fingerprint density at radius 3 is 2.85 bits per heavy atom. The van der Waals surface area contributed by atoms with Gasteiger partial charge in [0.25, 0.3) is 11.6 Å². The van der Waals surface area contributed by atoms with E-state index < -0.39 is 10.8 Å². The number of carbonyl (C=O) groups is 1. The summed E-state index contributed by atoms with van der Waals surface area (Å²) in [6.07, 6.45) is 1.75. The number of nitro groups is 1. The Labute approximate surface area is 116 Å². The van der Waals surface area contributed by atoms with Gasteiger partial charge in [0.2, 0.25) is 0 Å². The molecule has 0 radical (unpaired) electrons. The maximum absolute atomic E-state index is 12.3. The summed E-state index contributed by atoms with van der Waals surface area (Å²) < 4.78 is 4.91. The number of hydrogen-bond acceptors (Lipinski definition) is 6. The van der Waals surface area contributed by atoms with Crippen molar-refractivity contribution in [3.8, 4) is 0 Å². The number of amides is 1. The molecule has 0 aliphatic rings. The van der Waals surface area contributed by atoms with Crippen LogP contribution >= 0.6 is 0 Å². The molecule has 1 N–H and O–H groups in total. The van der Waals surface area contributed by atoms with Gasteiger partial charge in [0.1, 0.15) is 17.6 Å². The highest BCUT2D eigenvalue weighted by molar-refractivity contribution is 5.98. The molecule has 1 aromatic rings. The van der Waals surface area contributed by atoms with Gasteiger partial charge >= 0.3 is 0 Å². The molecule has 0 atom stereocenters. The number of pyridine rings is 1. The normalized spacial score (nSPS) is 10.2. The number of nitrogens with one attached hydrogen (secondary N) is 1. The summed E-state index contributed by atoms with van der Waals surface area (Å²) in [6, 6.07) is 1.38. The number of rotatable bonds is 7. The lowest BCUT2D eigenvalue weighted by molar-refractivity contribution is -0.385. The Bertz CT molecular complexity index is 492. The van der Waals surface area contributed by atoms with Gasteiger partial charge in [-0.15, -0.1) is 0 Å². The third-order valence-electron chi connectivity index (χ3n) is 2.75. The monoisotopic (exact) mass is 282 g/mol. The maximum Gasteiger partial charge on any atom is 0.300 e. The Morgan fingerprint density at radius 2 is 2.30 bits per heavy atom. The first-order valence-corrected chi connectivity index (χ1v) is 6.07. The fourth-order valence-electron chi connectivity index (χ4n) is 1.65. The second kappa shape index (κ2) is 7.39. The van der Waals surface area contributed by atoms with Gasteiger partial charge in [-0.25, -0.2) is 4.98 Å². The summed E-state index contributed by atoms with van der Waals surface area (Å²) >= 11 is 0. The molecule has 0 unspecified atom stereocenters. The van der Waals surface area contributed by atoms with Crippen LogP contribution in [-0.2, 0) is 4.74 Å². The van der Waals surface area contributed by atoms with Gasteiger partial charge in [0.05, 0.1) is 4.92 Å². The van der Waals surface area contributed by atoms with Crippen molar-refractivity contribution in [3.63, 3.8) is 0 Å².